The number of hydrogen-bond acceptors (Lipinski definition) is 4. The Labute approximate surface area is 140 Å². The van der Waals surface area contributed by atoms with E-state index in [0.29, 0.717) is 17.7 Å². The summed E-state index contributed by atoms with van der Waals surface area (Å²) in [6, 6.07) is 5.93. The number of benzene rings is 1. The minimum absolute atomic E-state index is 0.00103. The van der Waals surface area contributed by atoms with Crippen molar-refractivity contribution in [2.75, 3.05) is 20.2 Å². The average Bonchev–Trinajstić information content (AvgIpc) is 2.55. The molecule has 0 aliphatic carbocycles. The van der Waals surface area contributed by atoms with Gasteiger partial charge in [-0.2, -0.15) is 0 Å². The summed E-state index contributed by atoms with van der Waals surface area (Å²) in [6.07, 6.45) is 2.68. The summed E-state index contributed by atoms with van der Waals surface area (Å²) >= 11 is 0. The quantitative estimate of drug-likeness (QED) is 0.778. The third-order valence-corrected chi connectivity index (χ3v) is 6.07. The van der Waals surface area contributed by atoms with Gasteiger partial charge >= 0.3 is 0 Å². The summed E-state index contributed by atoms with van der Waals surface area (Å²) in [4.78, 5) is 2.39. The van der Waals surface area contributed by atoms with Crippen molar-refractivity contribution in [2.45, 2.75) is 57.5 Å². The number of phenolic OH excluding ortho intramolecular Hbond substituents is 1. The minimum atomic E-state index is -0.236. The molecule has 1 saturated heterocycles. The number of nitrogens with zero attached hydrogens (tertiary/aromatic N) is 1. The molecule has 1 aliphatic rings. The molecule has 2 rings (SSSR count). The monoisotopic (exact) mass is 320 g/mol. The molecule has 1 fully saturated rings. The highest BCUT2D eigenvalue weighted by Crippen LogP contribution is 2.47. The van der Waals surface area contributed by atoms with Crippen LogP contribution in [0.3, 0.4) is 0 Å². The lowest BCUT2D eigenvalue weighted by Gasteiger charge is -2.51. The maximum Gasteiger partial charge on any atom is 0.115 e. The van der Waals surface area contributed by atoms with Crippen molar-refractivity contribution < 1.29 is 10.2 Å². The second-order valence-corrected chi connectivity index (χ2v) is 7.26. The van der Waals surface area contributed by atoms with Crippen molar-refractivity contribution in [1.82, 2.24) is 4.90 Å². The molecule has 1 aliphatic heterocycles. The van der Waals surface area contributed by atoms with Crippen LogP contribution in [0, 0.1) is 5.92 Å². The lowest BCUT2D eigenvalue weighted by Crippen LogP contribution is -2.55. The summed E-state index contributed by atoms with van der Waals surface area (Å²) < 4.78 is 0. The Morgan fingerprint density at radius 3 is 2.70 bits per heavy atom. The van der Waals surface area contributed by atoms with Crippen molar-refractivity contribution in [2.24, 2.45) is 11.7 Å². The fourth-order valence-corrected chi connectivity index (χ4v) is 4.30. The molecule has 1 aromatic rings. The van der Waals surface area contributed by atoms with Gasteiger partial charge in [-0.3, -0.25) is 0 Å². The van der Waals surface area contributed by atoms with Gasteiger partial charge in [-0.1, -0.05) is 19.9 Å². The molecular weight excluding hydrogens is 288 g/mol. The Bertz CT molecular complexity index is 534. The molecule has 23 heavy (non-hydrogen) atoms. The van der Waals surface area contributed by atoms with Crippen LogP contribution in [-0.2, 0) is 11.8 Å². The molecule has 4 heteroatoms. The van der Waals surface area contributed by atoms with Crippen LogP contribution in [0.15, 0.2) is 18.2 Å². The second-order valence-electron chi connectivity index (χ2n) is 7.26. The number of aliphatic hydroxyl groups is 1. The topological polar surface area (TPSA) is 69.7 Å². The van der Waals surface area contributed by atoms with E-state index in [4.69, 9.17) is 5.73 Å². The van der Waals surface area contributed by atoms with Crippen LogP contribution in [-0.4, -0.2) is 47.4 Å². The summed E-state index contributed by atoms with van der Waals surface area (Å²) in [5, 5.41) is 19.6. The highest BCUT2D eigenvalue weighted by molar-refractivity contribution is 5.41. The number of likely N-dealkylation sites (tertiary alicyclic amines) is 1. The molecule has 4 atom stereocenters. The number of aromatic hydroxyl groups is 1. The molecule has 4 nitrogen and oxygen atoms in total. The van der Waals surface area contributed by atoms with Crippen molar-refractivity contribution in [3.63, 3.8) is 0 Å². The molecule has 0 aromatic heterocycles. The summed E-state index contributed by atoms with van der Waals surface area (Å²) in [6.45, 7) is 7.70. The molecule has 0 spiro atoms. The zero-order chi connectivity index (χ0) is 17.2. The molecule has 0 radical (unpaired) electrons. The summed E-state index contributed by atoms with van der Waals surface area (Å²) in [5.41, 5.74) is 8.57. The first-order valence-electron chi connectivity index (χ1n) is 8.74. The molecule has 0 saturated carbocycles. The predicted molar refractivity (Wildman–Crippen MR) is 94.7 cm³/mol. The molecule has 0 amide bonds. The van der Waals surface area contributed by atoms with Crippen LogP contribution in [0.5, 0.6) is 5.75 Å². The number of aryl methyl sites for hydroxylation is 1. The standard InChI is InChI=1S/C19H32N2O2/c1-5-15-6-7-17(23)10-18(15)19(11-16(20)12-22)8-9-21(4)14(3)13(19)2/h6-7,10,13-14,16,22-23H,5,8-9,11-12,20H2,1-4H3. The van der Waals surface area contributed by atoms with Crippen LogP contribution in [0.4, 0.5) is 0 Å². The van der Waals surface area contributed by atoms with Gasteiger partial charge in [0.15, 0.2) is 0 Å². The Kier molecular flexibility index (Phi) is 5.71. The van der Waals surface area contributed by atoms with Gasteiger partial charge in [0.25, 0.3) is 0 Å². The zero-order valence-electron chi connectivity index (χ0n) is 14.9. The van der Waals surface area contributed by atoms with Crippen LogP contribution in [0.2, 0.25) is 0 Å². The lowest BCUT2D eigenvalue weighted by atomic mass is 9.60. The number of phenols is 1. The average molecular weight is 320 g/mol. The van der Waals surface area contributed by atoms with Crippen LogP contribution in [0.25, 0.3) is 0 Å². The number of nitrogens with two attached hydrogens (primary N) is 1. The van der Waals surface area contributed by atoms with Crippen molar-refractivity contribution >= 4 is 0 Å². The normalized spacial score (nSPS) is 30.3. The third kappa shape index (κ3) is 3.39. The Morgan fingerprint density at radius 2 is 2.09 bits per heavy atom. The number of aliphatic hydroxyl groups excluding tert-OH is 1. The van der Waals surface area contributed by atoms with Gasteiger partial charge < -0.3 is 20.8 Å². The smallest absolute Gasteiger partial charge is 0.115 e. The number of hydrogen-bond donors (Lipinski definition) is 3. The van der Waals surface area contributed by atoms with E-state index in [9.17, 15) is 10.2 Å². The Morgan fingerprint density at radius 1 is 1.39 bits per heavy atom. The van der Waals surface area contributed by atoms with E-state index >= 15 is 0 Å². The molecule has 130 valence electrons. The molecule has 1 aromatic carbocycles. The van der Waals surface area contributed by atoms with Crippen molar-refractivity contribution in [1.29, 1.82) is 0 Å². The van der Waals surface area contributed by atoms with E-state index in [1.54, 1.807) is 6.07 Å². The van der Waals surface area contributed by atoms with Gasteiger partial charge in [0.1, 0.15) is 5.75 Å². The minimum Gasteiger partial charge on any atom is -0.508 e. The van der Waals surface area contributed by atoms with Gasteiger partial charge in [-0.15, -0.1) is 0 Å². The molecular formula is C19H32N2O2. The van der Waals surface area contributed by atoms with E-state index in [-0.39, 0.29) is 18.1 Å². The summed E-state index contributed by atoms with van der Waals surface area (Å²) in [7, 11) is 2.17. The molecule has 4 unspecified atom stereocenters. The predicted octanol–water partition coefficient (Wildman–Crippen LogP) is 2.26. The zero-order valence-corrected chi connectivity index (χ0v) is 14.9. The highest BCUT2D eigenvalue weighted by atomic mass is 16.3. The van der Waals surface area contributed by atoms with Crippen LogP contribution in [0.1, 0.15) is 44.7 Å². The Balaban J connectivity index is 2.56. The first-order chi connectivity index (χ1) is 10.9. The molecule has 4 N–H and O–H groups in total. The molecule has 1 heterocycles. The van der Waals surface area contributed by atoms with E-state index in [1.165, 1.54) is 11.1 Å². The van der Waals surface area contributed by atoms with E-state index in [0.717, 1.165) is 25.8 Å². The fraction of sp³-hybridized carbons (Fsp3) is 0.684. The largest absolute Gasteiger partial charge is 0.508 e. The van der Waals surface area contributed by atoms with Crippen LogP contribution < -0.4 is 5.73 Å². The van der Waals surface area contributed by atoms with Crippen molar-refractivity contribution in [3.8, 4) is 5.75 Å². The maximum absolute atomic E-state index is 10.1. The van der Waals surface area contributed by atoms with E-state index in [1.807, 2.05) is 12.1 Å². The van der Waals surface area contributed by atoms with Crippen molar-refractivity contribution in [3.05, 3.63) is 29.3 Å². The van der Waals surface area contributed by atoms with E-state index < -0.39 is 0 Å². The molecule has 0 bridgehead atoms. The second kappa shape index (κ2) is 7.20. The SMILES string of the molecule is CCc1ccc(O)cc1C1(CC(N)CO)CCN(C)C(C)C1C. The summed E-state index contributed by atoms with van der Waals surface area (Å²) in [5.74, 6) is 0.707. The number of piperidine rings is 1. The van der Waals surface area contributed by atoms with E-state index in [2.05, 4.69) is 32.7 Å². The Hall–Kier alpha value is -1.10. The van der Waals surface area contributed by atoms with Gasteiger partial charge in [-0.25, -0.2) is 0 Å². The maximum atomic E-state index is 10.1. The van der Waals surface area contributed by atoms with Gasteiger partial charge in [0.05, 0.1) is 6.61 Å². The van der Waals surface area contributed by atoms with Gasteiger partial charge in [-0.05, 0) is 69.0 Å². The lowest BCUT2D eigenvalue weighted by molar-refractivity contribution is 0.0493. The third-order valence-electron chi connectivity index (χ3n) is 6.07. The van der Waals surface area contributed by atoms with Gasteiger partial charge in [0.2, 0.25) is 0 Å². The van der Waals surface area contributed by atoms with Gasteiger partial charge in [0, 0.05) is 17.5 Å². The highest BCUT2D eigenvalue weighted by Gasteiger charge is 2.46. The van der Waals surface area contributed by atoms with Crippen LogP contribution >= 0.6 is 0 Å². The fourth-order valence-electron chi connectivity index (χ4n) is 4.30. The first-order valence-corrected chi connectivity index (χ1v) is 8.74. The number of rotatable bonds is 5. The first kappa shape index (κ1) is 18.2.